The number of fused-ring (bicyclic) bond motifs is 2. The first kappa shape index (κ1) is 8.13. The second kappa shape index (κ2) is 2.36. The van der Waals surface area contributed by atoms with Crippen LogP contribution in [0, 0.1) is 35.5 Å². The molecule has 4 aliphatic rings. The molecule has 0 aromatic heterocycles. The van der Waals surface area contributed by atoms with Crippen LogP contribution in [0.2, 0.25) is 0 Å². The summed E-state index contributed by atoms with van der Waals surface area (Å²) in [5.74, 6) is 3.65. The van der Waals surface area contributed by atoms with Crippen LogP contribution in [0.3, 0.4) is 0 Å². The Labute approximate surface area is 87.7 Å². The highest BCUT2D eigenvalue weighted by atomic mass is 16.4. The van der Waals surface area contributed by atoms with Gasteiger partial charge in [-0.25, -0.2) is 0 Å². The molecule has 0 amide bonds. The van der Waals surface area contributed by atoms with Gasteiger partial charge in [0.1, 0.15) is 0 Å². The molecule has 0 heterocycles. The fourth-order valence-corrected chi connectivity index (χ4v) is 5.14. The Morgan fingerprint density at radius 2 is 1.27 bits per heavy atom. The number of oxime groups is 2. The van der Waals surface area contributed by atoms with Crippen LogP contribution in [0.1, 0.15) is 19.3 Å². The van der Waals surface area contributed by atoms with Gasteiger partial charge in [0, 0.05) is 11.8 Å². The molecule has 4 aliphatic carbocycles. The average molecular weight is 206 g/mol. The minimum absolute atomic E-state index is 0.398. The zero-order valence-electron chi connectivity index (χ0n) is 8.37. The van der Waals surface area contributed by atoms with E-state index in [4.69, 9.17) is 10.4 Å². The number of hydrogen-bond donors (Lipinski definition) is 2. The maximum atomic E-state index is 9.02. The highest BCUT2D eigenvalue weighted by Gasteiger charge is 2.67. The molecule has 0 spiro atoms. The zero-order valence-corrected chi connectivity index (χ0v) is 8.37. The van der Waals surface area contributed by atoms with Gasteiger partial charge in [0.2, 0.25) is 0 Å². The molecule has 4 saturated carbocycles. The summed E-state index contributed by atoms with van der Waals surface area (Å²) >= 11 is 0. The molecular weight excluding hydrogens is 192 g/mol. The van der Waals surface area contributed by atoms with Gasteiger partial charge >= 0.3 is 0 Å². The molecule has 0 aromatic carbocycles. The fourth-order valence-electron chi connectivity index (χ4n) is 5.14. The van der Waals surface area contributed by atoms with Gasteiger partial charge in [-0.05, 0) is 42.9 Å². The number of rotatable bonds is 0. The summed E-state index contributed by atoms with van der Waals surface area (Å²) in [7, 11) is 0. The Morgan fingerprint density at radius 1 is 0.800 bits per heavy atom. The minimum atomic E-state index is 0.398. The highest BCUT2D eigenvalue weighted by Crippen LogP contribution is 2.68. The molecule has 80 valence electrons. The van der Waals surface area contributed by atoms with E-state index in [1.807, 2.05) is 0 Å². The van der Waals surface area contributed by atoms with Crippen molar-refractivity contribution in [3.05, 3.63) is 0 Å². The molecule has 4 fully saturated rings. The van der Waals surface area contributed by atoms with Gasteiger partial charge in [-0.1, -0.05) is 10.3 Å². The van der Waals surface area contributed by atoms with E-state index in [0.29, 0.717) is 23.7 Å². The van der Waals surface area contributed by atoms with Crippen molar-refractivity contribution in [2.75, 3.05) is 0 Å². The van der Waals surface area contributed by atoms with Crippen LogP contribution < -0.4 is 0 Å². The summed E-state index contributed by atoms with van der Waals surface area (Å²) in [6, 6.07) is 0. The van der Waals surface area contributed by atoms with Gasteiger partial charge in [-0.2, -0.15) is 0 Å². The zero-order chi connectivity index (χ0) is 10.2. The highest BCUT2D eigenvalue weighted by molar-refractivity contribution is 6.00. The van der Waals surface area contributed by atoms with E-state index in [-0.39, 0.29) is 0 Å². The van der Waals surface area contributed by atoms with Crippen LogP contribution in [-0.4, -0.2) is 21.8 Å². The van der Waals surface area contributed by atoms with E-state index in [9.17, 15) is 0 Å². The molecule has 4 nitrogen and oxygen atoms in total. The predicted octanol–water partition coefficient (Wildman–Crippen LogP) is 1.57. The third kappa shape index (κ3) is 0.703. The molecule has 6 unspecified atom stereocenters. The third-order valence-corrected chi connectivity index (χ3v) is 5.42. The SMILES string of the molecule is ON=C1CC2C3C/C(=N/O)C4C3CC2C14. The van der Waals surface area contributed by atoms with Gasteiger partial charge in [0.25, 0.3) is 0 Å². The molecule has 0 aliphatic heterocycles. The van der Waals surface area contributed by atoms with Crippen molar-refractivity contribution in [3.8, 4) is 0 Å². The maximum Gasteiger partial charge on any atom is 0.0614 e. The maximum absolute atomic E-state index is 9.02. The number of nitrogens with zero attached hydrogens (tertiary/aromatic N) is 2. The number of hydrogen-bond acceptors (Lipinski definition) is 4. The van der Waals surface area contributed by atoms with Crippen molar-refractivity contribution in [1.82, 2.24) is 0 Å². The van der Waals surface area contributed by atoms with E-state index in [0.717, 1.165) is 36.1 Å². The lowest BCUT2D eigenvalue weighted by atomic mass is 9.79. The molecule has 0 radical (unpaired) electrons. The lowest BCUT2D eigenvalue weighted by Gasteiger charge is -2.24. The molecule has 2 N–H and O–H groups in total. The van der Waals surface area contributed by atoms with Crippen molar-refractivity contribution in [2.45, 2.75) is 19.3 Å². The normalized spacial score (nSPS) is 60.0. The quantitative estimate of drug-likeness (QED) is 0.466. The van der Waals surface area contributed by atoms with Crippen LogP contribution in [0.15, 0.2) is 10.3 Å². The van der Waals surface area contributed by atoms with E-state index >= 15 is 0 Å². The van der Waals surface area contributed by atoms with Crippen LogP contribution in [-0.2, 0) is 0 Å². The smallest absolute Gasteiger partial charge is 0.0614 e. The fraction of sp³-hybridized carbons (Fsp3) is 0.818. The van der Waals surface area contributed by atoms with E-state index < -0.39 is 0 Å². The Kier molecular flexibility index (Phi) is 1.28. The summed E-state index contributed by atoms with van der Waals surface area (Å²) in [5.41, 5.74) is 1.95. The first-order valence-corrected chi connectivity index (χ1v) is 5.76. The molecule has 0 aromatic rings. The van der Waals surface area contributed by atoms with Crippen LogP contribution >= 0.6 is 0 Å². The molecule has 0 saturated heterocycles. The van der Waals surface area contributed by atoms with Gasteiger partial charge < -0.3 is 10.4 Å². The van der Waals surface area contributed by atoms with Gasteiger partial charge in [0.15, 0.2) is 0 Å². The van der Waals surface area contributed by atoms with Crippen molar-refractivity contribution >= 4 is 11.4 Å². The topological polar surface area (TPSA) is 65.2 Å². The second-order valence-electron chi connectivity index (χ2n) is 5.53. The minimum Gasteiger partial charge on any atom is -0.411 e. The van der Waals surface area contributed by atoms with Gasteiger partial charge in [-0.3, -0.25) is 0 Å². The lowest BCUT2D eigenvalue weighted by molar-refractivity contribution is 0.240. The van der Waals surface area contributed by atoms with Crippen LogP contribution in [0.25, 0.3) is 0 Å². The summed E-state index contributed by atoms with van der Waals surface area (Å²) in [6.07, 6.45) is 3.24. The van der Waals surface area contributed by atoms with E-state index in [1.54, 1.807) is 0 Å². The predicted molar refractivity (Wildman–Crippen MR) is 53.2 cm³/mol. The molecule has 2 bridgehead atoms. The molecule has 4 rings (SSSR count). The lowest BCUT2D eigenvalue weighted by Crippen LogP contribution is -2.26. The Morgan fingerprint density at radius 3 is 1.67 bits per heavy atom. The second-order valence-corrected chi connectivity index (χ2v) is 5.53. The van der Waals surface area contributed by atoms with Crippen molar-refractivity contribution in [1.29, 1.82) is 0 Å². The molecule has 6 atom stereocenters. The Balaban J connectivity index is 1.87. The third-order valence-electron chi connectivity index (χ3n) is 5.42. The molecule has 4 heteroatoms. The van der Waals surface area contributed by atoms with Crippen molar-refractivity contribution < 1.29 is 10.4 Å². The van der Waals surface area contributed by atoms with Gasteiger partial charge in [-0.15, -0.1) is 0 Å². The monoisotopic (exact) mass is 206 g/mol. The first-order valence-electron chi connectivity index (χ1n) is 5.76. The van der Waals surface area contributed by atoms with Crippen molar-refractivity contribution in [2.24, 2.45) is 45.8 Å². The summed E-state index contributed by atoms with van der Waals surface area (Å²) in [6.45, 7) is 0. The standard InChI is InChI=1S/C11H14N2O2/c14-12-8-2-4-5-3-9(13-15)11-7(5)1-6(4)10(8)11/h4-7,10-11,14-15H,1-3H2/b12-8-,13-9?. The van der Waals surface area contributed by atoms with E-state index in [1.165, 1.54) is 6.42 Å². The molecule has 15 heavy (non-hydrogen) atoms. The first-order chi connectivity index (χ1) is 7.35. The Hall–Kier alpha value is -1.06. The van der Waals surface area contributed by atoms with Crippen LogP contribution in [0.4, 0.5) is 0 Å². The Bertz CT molecular complexity index is 350. The van der Waals surface area contributed by atoms with Crippen LogP contribution in [0.5, 0.6) is 0 Å². The largest absolute Gasteiger partial charge is 0.411 e. The summed E-state index contributed by atoms with van der Waals surface area (Å²) in [4.78, 5) is 0. The van der Waals surface area contributed by atoms with Crippen molar-refractivity contribution in [3.63, 3.8) is 0 Å². The summed E-state index contributed by atoms with van der Waals surface area (Å²) < 4.78 is 0. The van der Waals surface area contributed by atoms with E-state index in [2.05, 4.69) is 10.3 Å². The van der Waals surface area contributed by atoms with Gasteiger partial charge in [0.05, 0.1) is 11.4 Å². The summed E-state index contributed by atoms with van der Waals surface area (Å²) in [5, 5.41) is 25.0. The molecular formula is C11H14N2O2. The average Bonchev–Trinajstić information content (AvgIpc) is 2.83.